The van der Waals surface area contributed by atoms with Gasteiger partial charge in [-0.2, -0.15) is 31.6 Å². The van der Waals surface area contributed by atoms with Gasteiger partial charge < -0.3 is 0 Å². The molecule has 0 saturated heterocycles. The first kappa shape index (κ1) is 21.5. The number of benzene rings is 1. The summed E-state index contributed by atoms with van der Waals surface area (Å²) in [7, 11) is 0. The van der Waals surface area contributed by atoms with Crippen LogP contribution in [0, 0.1) is 17.8 Å². The van der Waals surface area contributed by atoms with E-state index >= 15 is 4.39 Å². The molecular formula is C18H12BrF7N. The van der Waals surface area contributed by atoms with Crippen LogP contribution in [0.1, 0.15) is 24.5 Å². The minimum Gasteiger partial charge on any atom is -0.222 e. The van der Waals surface area contributed by atoms with Gasteiger partial charge in [0, 0.05) is 10.9 Å². The molecule has 0 bridgehead atoms. The van der Waals surface area contributed by atoms with Crippen LogP contribution in [0.2, 0.25) is 0 Å². The lowest BCUT2D eigenvalue weighted by atomic mass is 9.63. The van der Waals surface area contributed by atoms with Gasteiger partial charge in [0.15, 0.2) is 0 Å². The highest BCUT2D eigenvalue weighted by Gasteiger charge is 2.81. The molecule has 1 aromatic carbocycles. The summed E-state index contributed by atoms with van der Waals surface area (Å²) >= 11 is 2.90. The fourth-order valence-electron chi connectivity index (χ4n) is 3.13. The lowest BCUT2D eigenvalue weighted by Crippen LogP contribution is -2.65. The summed E-state index contributed by atoms with van der Waals surface area (Å²) in [5.41, 5.74) is -10.1. The van der Waals surface area contributed by atoms with E-state index in [1.54, 1.807) is 6.07 Å². The molecule has 1 unspecified atom stereocenters. The molecule has 1 atom stereocenters. The van der Waals surface area contributed by atoms with Crippen LogP contribution in [-0.4, -0.2) is 18.0 Å². The molecule has 0 saturated carbocycles. The highest BCUT2D eigenvalue weighted by Crippen LogP contribution is 2.60. The Balaban J connectivity index is 3.06. The van der Waals surface area contributed by atoms with Gasteiger partial charge in [0.25, 0.3) is 0 Å². The van der Waals surface area contributed by atoms with E-state index in [2.05, 4.69) is 15.9 Å². The molecule has 0 aliphatic heterocycles. The van der Waals surface area contributed by atoms with E-state index in [-0.39, 0.29) is 16.5 Å². The predicted octanol–water partition coefficient (Wildman–Crippen LogP) is 6.46. The van der Waals surface area contributed by atoms with Crippen molar-refractivity contribution < 1.29 is 30.7 Å². The maximum Gasteiger partial charge on any atom is 0.433 e. The maximum atomic E-state index is 15.3. The summed E-state index contributed by atoms with van der Waals surface area (Å²) in [5.74, 6) is 0. The molecule has 1 nitrogen and oxygen atoms in total. The number of hydrogen-bond donors (Lipinski definition) is 0. The first-order chi connectivity index (χ1) is 12.3. The topological polar surface area (TPSA) is 23.8 Å². The first-order valence-electron chi connectivity index (χ1n) is 7.61. The summed E-state index contributed by atoms with van der Waals surface area (Å²) in [6, 6.07) is 5.93. The van der Waals surface area contributed by atoms with Crippen LogP contribution in [0.4, 0.5) is 30.7 Å². The number of allylic oxidation sites excluding steroid dienone is 4. The molecule has 1 aliphatic carbocycles. The normalized spacial score (nSPS) is 21.3. The third-order valence-electron chi connectivity index (χ3n) is 4.35. The van der Waals surface area contributed by atoms with E-state index in [1.165, 1.54) is 19.4 Å². The summed E-state index contributed by atoms with van der Waals surface area (Å²) in [4.78, 5) is 0. The Hall–Kier alpha value is -1.82. The average Bonchev–Trinajstić information content (AvgIpc) is 2.58. The molecular weight excluding hydrogens is 443 g/mol. The quantitative estimate of drug-likeness (QED) is 0.480. The zero-order chi connectivity index (χ0) is 20.7. The molecule has 145 valence electrons. The standard InChI is InChI=1S/C18H12BrF7N/c1-2-11-7-13(19)9-15(8-11,14-6-4-3-5-12(14)10-27)16(20,17(21,22)23)18(24,25)26/h3-9H,2H2,1H3. The van der Waals surface area contributed by atoms with Gasteiger partial charge in [0.05, 0.1) is 17.0 Å². The van der Waals surface area contributed by atoms with Crippen LogP contribution < -0.4 is 0 Å². The summed E-state index contributed by atoms with van der Waals surface area (Å²) in [6.07, 6.45) is -10.1. The molecule has 0 heterocycles. The summed E-state index contributed by atoms with van der Waals surface area (Å²) < 4.78 is 97.1. The van der Waals surface area contributed by atoms with E-state index < -0.39 is 34.6 Å². The molecule has 0 fully saturated rings. The van der Waals surface area contributed by atoms with Crippen molar-refractivity contribution in [3.05, 3.63) is 64.0 Å². The third-order valence-corrected chi connectivity index (χ3v) is 4.81. The number of halogens is 8. The van der Waals surface area contributed by atoms with Crippen LogP contribution in [0.15, 0.2) is 46.5 Å². The molecule has 2 rings (SSSR count). The highest BCUT2D eigenvalue weighted by molar-refractivity contribution is 9.11. The van der Waals surface area contributed by atoms with Crippen molar-refractivity contribution >= 4 is 15.9 Å². The van der Waals surface area contributed by atoms with Gasteiger partial charge in [-0.05, 0) is 18.1 Å². The Bertz CT molecular complexity index is 815. The van der Waals surface area contributed by atoms with E-state index in [9.17, 15) is 31.6 Å². The third kappa shape index (κ3) is 3.28. The van der Waals surface area contributed by atoms with Gasteiger partial charge in [-0.3, -0.25) is 0 Å². The van der Waals surface area contributed by atoms with E-state index in [1.807, 2.05) is 0 Å². The fourth-order valence-corrected chi connectivity index (χ4v) is 3.78. The first-order valence-corrected chi connectivity index (χ1v) is 8.40. The molecule has 0 N–H and O–H groups in total. The largest absolute Gasteiger partial charge is 0.433 e. The van der Waals surface area contributed by atoms with Crippen molar-refractivity contribution in [1.82, 2.24) is 0 Å². The predicted molar refractivity (Wildman–Crippen MR) is 88.5 cm³/mol. The minimum atomic E-state index is -6.30. The Labute approximate surface area is 159 Å². The van der Waals surface area contributed by atoms with E-state index in [0.29, 0.717) is 12.2 Å². The molecule has 1 aliphatic rings. The molecule has 27 heavy (non-hydrogen) atoms. The van der Waals surface area contributed by atoms with Crippen LogP contribution in [0.3, 0.4) is 0 Å². The monoisotopic (exact) mass is 454 g/mol. The second-order valence-electron chi connectivity index (χ2n) is 5.93. The minimum absolute atomic E-state index is 0.0607. The van der Waals surface area contributed by atoms with Gasteiger partial charge in [0.1, 0.15) is 0 Å². The SMILES string of the molecule is CCC1=CC(c2ccccc2C#N)(C(F)(C(F)(F)F)C(F)(F)F)C=C(Br)[CH]1. The Morgan fingerprint density at radius 1 is 1.00 bits per heavy atom. The lowest BCUT2D eigenvalue weighted by Gasteiger charge is -2.45. The molecule has 1 aromatic rings. The van der Waals surface area contributed by atoms with Crippen molar-refractivity contribution in [1.29, 1.82) is 5.26 Å². The Morgan fingerprint density at radius 2 is 1.56 bits per heavy atom. The number of alkyl halides is 7. The number of nitriles is 1. The van der Waals surface area contributed by atoms with Crippen molar-refractivity contribution in [3.63, 3.8) is 0 Å². The zero-order valence-electron chi connectivity index (χ0n) is 13.7. The fraction of sp³-hybridized carbons (Fsp3) is 0.333. The molecule has 0 aromatic heterocycles. The van der Waals surface area contributed by atoms with Crippen molar-refractivity contribution in [2.24, 2.45) is 0 Å². The summed E-state index contributed by atoms with van der Waals surface area (Å²) in [5, 5.41) is 9.23. The second kappa shape index (κ2) is 6.97. The van der Waals surface area contributed by atoms with E-state index in [0.717, 1.165) is 18.2 Å². The van der Waals surface area contributed by atoms with Gasteiger partial charge in [-0.25, -0.2) is 4.39 Å². The van der Waals surface area contributed by atoms with Crippen LogP contribution >= 0.6 is 15.9 Å². The number of hydrogen-bond acceptors (Lipinski definition) is 1. The molecule has 9 heteroatoms. The van der Waals surface area contributed by atoms with Gasteiger partial charge in [0.2, 0.25) is 0 Å². The lowest BCUT2D eigenvalue weighted by molar-refractivity contribution is -0.354. The number of rotatable bonds is 3. The van der Waals surface area contributed by atoms with Crippen molar-refractivity contribution in [2.75, 3.05) is 0 Å². The van der Waals surface area contributed by atoms with Crippen LogP contribution in [-0.2, 0) is 5.41 Å². The summed E-state index contributed by atoms with van der Waals surface area (Å²) in [6.45, 7) is 1.51. The molecule has 1 radical (unpaired) electrons. The highest BCUT2D eigenvalue weighted by atomic mass is 79.9. The van der Waals surface area contributed by atoms with Crippen molar-refractivity contribution in [2.45, 2.75) is 36.8 Å². The zero-order valence-corrected chi connectivity index (χ0v) is 15.3. The van der Waals surface area contributed by atoms with E-state index in [4.69, 9.17) is 0 Å². The maximum absolute atomic E-state index is 15.3. The van der Waals surface area contributed by atoms with Crippen LogP contribution in [0.5, 0.6) is 0 Å². The van der Waals surface area contributed by atoms with Crippen molar-refractivity contribution in [3.8, 4) is 6.07 Å². The van der Waals surface area contributed by atoms with Crippen LogP contribution in [0.25, 0.3) is 0 Å². The number of nitrogens with zero attached hydrogens (tertiary/aromatic N) is 1. The van der Waals surface area contributed by atoms with Gasteiger partial charge >= 0.3 is 18.0 Å². The molecule has 0 spiro atoms. The van der Waals surface area contributed by atoms with Gasteiger partial charge in [-0.15, -0.1) is 0 Å². The average molecular weight is 455 g/mol. The Morgan fingerprint density at radius 3 is 2.04 bits per heavy atom. The van der Waals surface area contributed by atoms with Gasteiger partial charge in [-0.1, -0.05) is 58.8 Å². The molecule has 0 amide bonds. The second-order valence-corrected chi connectivity index (χ2v) is 6.84. The smallest absolute Gasteiger partial charge is 0.222 e. The Kier molecular flexibility index (Phi) is 5.54.